The van der Waals surface area contributed by atoms with Gasteiger partial charge < -0.3 is 11.1 Å². The lowest BCUT2D eigenvalue weighted by atomic mass is 9.99. The molecule has 4 aromatic rings. The fraction of sp³-hybridized carbons (Fsp3) is 0.273. The van der Waals surface area contributed by atoms with Crippen LogP contribution in [0.3, 0.4) is 0 Å². The van der Waals surface area contributed by atoms with E-state index in [1.165, 1.54) is 4.40 Å². The van der Waals surface area contributed by atoms with Crippen molar-refractivity contribution in [3.8, 4) is 22.4 Å². The Bertz CT molecular complexity index is 1280. The van der Waals surface area contributed by atoms with Crippen LogP contribution in [0, 0.1) is 13.8 Å². The number of aryl methyl sites for hydroxylation is 2. The highest BCUT2D eigenvalue weighted by Gasteiger charge is 2.26. The number of nitrogens with two attached hydrogens (primary N) is 1. The number of aromatic nitrogens is 5. The van der Waals surface area contributed by atoms with E-state index in [-0.39, 0.29) is 17.7 Å². The van der Waals surface area contributed by atoms with Gasteiger partial charge in [-0.2, -0.15) is 0 Å². The second-order valence-electron chi connectivity index (χ2n) is 7.73. The summed E-state index contributed by atoms with van der Waals surface area (Å²) in [6, 6.07) is 13.8. The Hall–Kier alpha value is -3.52. The van der Waals surface area contributed by atoms with Crippen LogP contribution in [0.5, 0.6) is 0 Å². The zero-order chi connectivity index (χ0) is 20.8. The molecule has 1 fully saturated rings. The van der Waals surface area contributed by atoms with Gasteiger partial charge in [0.05, 0.1) is 17.3 Å². The van der Waals surface area contributed by atoms with Crippen molar-refractivity contribution in [1.82, 2.24) is 29.5 Å². The molecule has 3 aromatic heterocycles. The zero-order valence-corrected chi connectivity index (χ0v) is 17.0. The Morgan fingerprint density at radius 1 is 1.07 bits per heavy atom. The van der Waals surface area contributed by atoms with Crippen molar-refractivity contribution in [2.75, 3.05) is 18.8 Å². The minimum atomic E-state index is -0.257. The molecule has 0 saturated carbocycles. The first kappa shape index (κ1) is 18.5. The van der Waals surface area contributed by atoms with Crippen LogP contribution in [0.25, 0.3) is 28.0 Å². The summed E-state index contributed by atoms with van der Waals surface area (Å²) in [5, 5.41) is 8.05. The van der Waals surface area contributed by atoms with Crippen LogP contribution in [0.15, 0.2) is 47.3 Å². The van der Waals surface area contributed by atoms with E-state index in [1.54, 1.807) is 4.68 Å². The van der Waals surface area contributed by atoms with Crippen LogP contribution >= 0.6 is 0 Å². The van der Waals surface area contributed by atoms with Crippen LogP contribution in [0.4, 0.5) is 5.95 Å². The molecule has 1 aliphatic heterocycles. The maximum Gasteiger partial charge on any atom is 0.353 e. The van der Waals surface area contributed by atoms with Crippen molar-refractivity contribution in [1.29, 1.82) is 0 Å². The van der Waals surface area contributed by atoms with Crippen molar-refractivity contribution in [2.45, 2.75) is 26.3 Å². The third-order valence-corrected chi connectivity index (χ3v) is 5.51. The highest BCUT2D eigenvalue weighted by molar-refractivity contribution is 5.90. The molecule has 0 radical (unpaired) electrons. The van der Waals surface area contributed by atoms with Crippen molar-refractivity contribution in [2.24, 2.45) is 0 Å². The zero-order valence-electron chi connectivity index (χ0n) is 17.0. The van der Waals surface area contributed by atoms with E-state index in [9.17, 15) is 4.79 Å². The van der Waals surface area contributed by atoms with Gasteiger partial charge in [-0.1, -0.05) is 30.3 Å². The molecule has 0 amide bonds. The van der Waals surface area contributed by atoms with E-state index >= 15 is 0 Å². The highest BCUT2D eigenvalue weighted by atomic mass is 16.2. The van der Waals surface area contributed by atoms with Gasteiger partial charge in [-0.25, -0.2) is 18.9 Å². The van der Waals surface area contributed by atoms with Gasteiger partial charge in [0, 0.05) is 23.5 Å². The first-order valence-electron chi connectivity index (χ1n) is 10.1. The second kappa shape index (κ2) is 7.07. The van der Waals surface area contributed by atoms with Gasteiger partial charge in [0.25, 0.3) is 0 Å². The summed E-state index contributed by atoms with van der Waals surface area (Å²) in [5.41, 5.74) is 11.6. The van der Waals surface area contributed by atoms with E-state index in [1.807, 2.05) is 56.3 Å². The van der Waals surface area contributed by atoms with Gasteiger partial charge in [-0.3, -0.25) is 4.98 Å². The molecule has 4 heterocycles. The average Bonchev–Trinajstić information content (AvgIpc) is 3.36. The molecule has 3 N–H and O–H groups in total. The maximum atomic E-state index is 13.2. The molecule has 8 nitrogen and oxygen atoms in total. The molecule has 30 heavy (non-hydrogen) atoms. The quantitative estimate of drug-likeness (QED) is 0.546. The fourth-order valence-electron chi connectivity index (χ4n) is 4.21. The standard InChI is InChI=1S/C22H23N7O/c1-13-10-16(11-14(2)25-13)18-19(15-6-4-3-5-7-15)26-21(23)28-20(18)27-29(22(28)30)17-8-9-24-12-17/h3-7,10-11,17,24H,8-9,12H2,1-2H3,(H2,23,26). The first-order chi connectivity index (χ1) is 14.5. The van der Waals surface area contributed by atoms with Gasteiger partial charge >= 0.3 is 5.69 Å². The number of anilines is 1. The Morgan fingerprint density at radius 3 is 2.47 bits per heavy atom. The summed E-state index contributed by atoms with van der Waals surface area (Å²) in [5.74, 6) is 0.136. The molecule has 152 valence electrons. The number of rotatable bonds is 3. The maximum absolute atomic E-state index is 13.2. The van der Waals surface area contributed by atoms with E-state index in [2.05, 4.69) is 15.3 Å². The summed E-state index contributed by atoms with van der Waals surface area (Å²) in [7, 11) is 0. The number of hydrogen-bond donors (Lipinski definition) is 2. The second-order valence-corrected chi connectivity index (χ2v) is 7.73. The number of hydrogen-bond acceptors (Lipinski definition) is 6. The lowest BCUT2D eigenvalue weighted by Gasteiger charge is -2.13. The summed E-state index contributed by atoms with van der Waals surface area (Å²) >= 11 is 0. The van der Waals surface area contributed by atoms with E-state index in [4.69, 9.17) is 10.8 Å². The van der Waals surface area contributed by atoms with Gasteiger partial charge in [0.1, 0.15) is 0 Å². The van der Waals surface area contributed by atoms with Crippen LogP contribution in [0.2, 0.25) is 0 Å². The predicted octanol–water partition coefficient (Wildman–Crippen LogP) is 2.35. The fourth-order valence-corrected chi connectivity index (χ4v) is 4.21. The van der Waals surface area contributed by atoms with Gasteiger partial charge in [0.15, 0.2) is 5.65 Å². The number of nitrogens with zero attached hydrogens (tertiary/aromatic N) is 5. The van der Waals surface area contributed by atoms with Crippen molar-refractivity contribution < 1.29 is 0 Å². The third-order valence-electron chi connectivity index (χ3n) is 5.51. The minimum Gasteiger partial charge on any atom is -0.369 e. The third kappa shape index (κ3) is 2.96. The molecule has 5 rings (SSSR count). The van der Waals surface area contributed by atoms with Crippen molar-refractivity contribution in [3.05, 3.63) is 64.3 Å². The molecule has 1 atom stereocenters. The Labute approximate surface area is 173 Å². The summed E-state index contributed by atoms with van der Waals surface area (Å²) < 4.78 is 2.97. The SMILES string of the molecule is Cc1cc(-c2c(-c3ccccc3)nc(N)n3c(=O)n(C4CCNC4)nc23)cc(C)n1. The molecule has 0 spiro atoms. The van der Waals surface area contributed by atoms with E-state index < -0.39 is 0 Å². The predicted molar refractivity (Wildman–Crippen MR) is 116 cm³/mol. The molecular weight excluding hydrogens is 378 g/mol. The number of fused-ring (bicyclic) bond motifs is 1. The van der Waals surface area contributed by atoms with Gasteiger partial charge in [-0.15, -0.1) is 5.10 Å². The summed E-state index contributed by atoms with van der Waals surface area (Å²) in [4.78, 5) is 22.4. The molecule has 1 aliphatic rings. The molecule has 1 saturated heterocycles. The molecule has 1 unspecified atom stereocenters. The van der Waals surface area contributed by atoms with Crippen molar-refractivity contribution in [3.63, 3.8) is 0 Å². The molecule has 8 heteroatoms. The number of pyridine rings is 1. The van der Waals surface area contributed by atoms with Crippen LogP contribution in [-0.2, 0) is 0 Å². The number of nitrogens with one attached hydrogen (secondary N) is 1. The van der Waals surface area contributed by atoms with Crippen LogP contribution < -0.4 is 16.7 Å². The van der Waals surface area contributed by atoms with E-state index in [0.29, 0.717) is 17.9 Å². The monoisotopic (exact) mass is 401 g/mol. The molecule has 0 aliphatic carbocycles. The number of nitrogen functional groups attached to an aromatic ring is 1. The topological polar surface area (TPSA) is 103 Å². The largest absolute Gasteiger partial charge is 0.369 e. The van der Waals surface area contributed by atoms with Crippen molar-refractivity contribution >= 4 is 11.6 Å². The average molecular weight is 401 g/mol. The normalized spacial score (nSPS) is 16.4. The smallest absolute Gasteiger partial charge is 0.353 e. The lowest BCUT2D eigenvalue weighted by Crippen LogP contribution is -2.28. The summed E-state index contributed by atoms with van der Waals surface area (Å²) in [6.45, 7) is 5.49. The van der Waals surface area contributed by atoms with Crippen LogP contribution in [-0.4, -0.2) is 37.2 Å². The van der Waals surface area contributed by atoms with Gasteiger partial charge in [-0.05, 0) is 44.5 Å². The molecule has 0 bridgehead atoms. The highest BCUT2D eigenvalue weighted by Crippen LogP contribution is 2.35. The number of benzene rings is 1. The Kier molecular flexibility index (Phi) is 4.36. The summed E-state index contributed by atoms with van der Waals surface area (Å²) in [6.07, 6.45) is 0.853. The Morgan fingerprint density at radius 2 is 1.80 bits per heavy atom. The molecule has 1 aromatic carbocycles. The molecular formula is C22H23N7O. The minimum absolute atomic E-state index is 0.00531. The van der Waals surface area contributed by atoms with Gasteiger partial charge in [0.2, 0.25) is 5.95 Å². The van der Waals surface area contributed by atoms with Crippen LogP contribution in [0.1, 0.15) is 23.9 Å². The lowest BCUT2D eigenvalue weighted by molar-refractivity contribution is 0.475. The first-order valence-corrected chi connectivity index (χ1v) is 10.1. The Balaban J connectivity index is 1.89. The van der Waals surface area contributed by atoms with E-state index in [0.717, 1.165) is 41.0 Å².